The average Bonchev–Trinajstić information content (AvgIpc) is 3.02. The molecule has 0 aromatic rings. The molecule has 1 saturated carbocycles. The average molecular weight is 296 g/mol. The van der Waals surface area contributed by atoms with Gasteiger partial charge in [-0.05, 0) is 25.2 Å². The molecule has 118 valence electrons. The molecule has 3 atom stereocenters. The Morgan fingerprint density at radius 2 is 2.05 bits per heavy atom. The van der Waals surface area contributed by atoms with Crippen molar-refractivity contribution in [3.05, 3.63) is 0 Å². The Balaban J connectivity index is 1.74. The predicted molar refractivity (Wildman–Crippen MR) is 76.5 cm³/mol. The van der Waals surface area contributed by atoms with E-state index in [-0.39, 0.29) is 30.7 Å². The number of rotatable bonds is 6. The van der Waals surface area contributed by atoms with Gasteiger partial charge in [0.2, 0.25) is 11.8 Å². The lowest BCUT2D eigenvalue weighted by Crippen LogP contribution is -2.38. The highest BCUT2D eigenvalue weighted by Crippen LogP contribution is 2.37. The molecule has 0 radical (unpaired) electrons. The van der Waals surface area contributed by atoms with E-state index in [1.165, 1.54) is 0 Å². The first-order valence-electron chi connectivity index (χ1n) is 7.68. The first-order chi connectivity index (χ1) is 9.89. The smallest absolute Gasteiger partial charge is 0.311 e. The van der Waals surface area contributed by atoms with Gasteiger partial charge in [0.15, 0.2) is 0 Å². The maximum atomic E-state index is 12.1. The molecule has 21 heavy (non-hydrogen) atoms. The third-order valence-electron chi connectivity index (χ3n) is 4.92. The van der Waals surface area contributed by atoms with Crippen molar-refractivity contribution >= 4 is 17.8 Å². The molecule has 1 aliphatic heterocycles. The van der Waals surface area contributed by atoms with Crippen LogP contribution in [0.5, 0.6) is 0 Å². The van der Waals surface area contributed by atoms with Crippen molar-refractivity contribution in [1.82, 2.24) is 10.2 Å². The summed E-state index contributed by atoms with van der Waals surface area (Å²) in [6, 6.07) is 0. The molecule has 3 unspecified atom stereocenters. The normalized spacial score (nSPS) is 31.0. The van der Waals surface area contributed by atoms with Crippen LogP contribution in [0.4, 0.5) is 0 Å². The highest BCUT2D eigenvalue weighted by molar-refractivity contribution is 5.83. The molecule has 2 aliphatic rings. The number of amides is 2. The van der Waals surface area contributed by atoms with Gasteiger partial charge in [-0.2, -0.15) is 0 Å². The van der Waals surface area contributed by atoms with E-state index >= 15 is 0 Å². The third kappa shape index (κ3) is 3.36. The summed E-state index contributed by atoms with van der Waals surface area (Å²) < 4.78 is 0. The maximum Gasteiger partial charge on any atom is 0.311 e. The van der Waals surface area contributed by atoms with Crippen LogP contribution in [-0.4, -0.2) is 47.4 Å². The van der Waals surface area contributed by atoms with Gasteiger partial charge in [-0.15, -0.1) is 0 Å². The van der Waals surface area contributed by atoms with Crippen LogP contribution in [0.25, 0.3) is 0 Å². The second-order valence-electron chi connectivity index (χ2n) is 6.36. The highest BCUT2D eigenvalue weighted by atomic mass is 16.4. The molecule has 1 aliphatic carbocycles. The van der Waals surface area contributed by atoms with Crippen LogP contribution in [0, 0.1) is 17.3 Å². The van der Waals surface area contributed by atoms with Gasteiger partial charge in [0.25, 0.3) is 0 Å². The van der Waals surface area contributed by atoms with Gasteiger partial charge in [0, 0.05) is 32.0 Å². The zero-order valence-electron chi connectivity index (χ0n) is 12.7. The number of carbonyl (C=O) groups is 3. The number of hydrogen-bond donors (Lipinski definition) is 2. The van der Waals surface area contributed by atoms with E-state index in [9.17, 15) is 19.5 Å². The van der Waals surface area contributed by atoms with Gasteiger partial charge in [-0.3, -0.25) is 14.4 Å². The molecule has 0 aromatic carbocycles. The van der Waals surface area contributed by atoms with Crippen molar-refractivity contribution in [3.8, 4) is 0 Å². The van der Waals surface area contributed by atoms with Crippen LogP contribution < -0.4 is 5.32 Å². The summed E-state index contributed by atoms with van der Waals surface area (Å²) in [4.78, 5) is 36.7. The topological polar surface area (TPSA) is 86.7 Å². The number of carbonyl (C=O) groups excluding carboxylic acids is 2. The van der Waals surface area contributed by atoms with Crippen LogP contribution in [0.15, 0.2) is 0 Å². The van der Waals surface area contributed by atoms with Crippen LogP contribution in [0.3, 0.4) is 0 Å². The van der Waals surface area contributed by atoms with Crippen molar-refractivity contribution in [3.63, 3.8) is 0 Å². The summed E-state index contributed by atoms with van der Waals surface area (Å²) in [6.07, 6.45) is 2.22. The maximum absolute atomic E-state index is 12.1. The number of likely N-dealkylation sites (tertiary alicyclic amines) is 1. The van der Waals surface area contributed by atoms with Crippen molar-refractivity contribution < 1.29 is 19.5 Å². The Morgan fingerprint density at radius 3 is 2.52 bits per heavy atom. The molecular weight excluding hydrogens is 272 g/mol. The van der Waals surface area contributed by atoms with Gasteiger partial charge in [-0.1, -0.05) is 13.8 Å². The van der Waals surface area contributed by atoms with E-state index in [0.29, 0.717) is 31.8 Å². The van der Waals surface area contributed by atoms with Crippen LogP contribution in [0.1, 0.15) is 39.5 Å². The van der Waals surface area contributed by atoms with Crippen molar-refractivity contribution in [2.45, 2.75) is 39.5 Å². The van der Waals surface area contributed by atoms with Crippen molar-refractivity contribution in [1.29, 1.82) is 0 Å². The molecule has 0 bridgehead atoms. The fourth-order valence-electron chi connectivity index (χ4n) is 2.97. The van der Waals surface area contributed by atoms with Crippen LogP contribution in [0.2, 0.25) is 0 Å². The molecular formula is C15H24N2O4. The second kappa shape index (κ2) is 6.03. The van der Waals surface area contributed by atoms with Crippen LogP contribution in [-0.2, 0) is 14.4 Å². The van der Waals surface area contributed by atoms with Gasteiger partial charge in [0.05, 0.1) is 5.41 Å². The Morgan fingerprint density at radius 1 is 1.38 bits per heavy atom. The second-order valence-corrected chi connectivity index (χ2v) is 6.36. The number of hydrogen-bond acceptors (Lipinski definition) is 3. The third-order valence-corrected chi connectivity index (χ3v) is 4.92. The lowest BCUT2D eigenvalue weighted by molar-refractivity contribution is -0.148. The molecule has 0 aromatic heterocycles. The quantitative estimate of drug-likeness (QED) is 0.761. The summed E-state index contributed by atoms with van der Waals surface area (Å²) in [5.74, 6) is -0.288. The summed E-state index contributed by atoms with van der Waals surface area (Å²) in [6.45, 7) is 5.00. The lowest BCUT2D eigenvalue weighted by Gasteiger charge is -2.23. The van der Waals surface area contributed by atoms with Crippen LogP contribution >= 0.6 is 0 Å². The van der Waals surface area contributed by atoms with Gasteiger partial charge < -0.3 is 15.3 Å². The van der Waals surface area contributed by atoms with E-state index in [0.717, 1.165) is 6.42 Å². The molecule has 2 fully saturated rings. The summed E-state index contributed by atoms with van der Waals surface area (Å²) in [7, 11) is 0. The molecule has 1 heterocycles. The van der Waals surface area contributed by atoms with E-state index in [2.05, 4.69) is 5.32 Å². The Hall–Kier alpha value is -1.59. The number of nitrogens with zero attached hydrogens (tertiary/aromatic N) is 1. The zero-order chi connectivity index (χ0) is 15.6. The SMILES string of the molecule is CCC1(C(=O)O)CCN(C(=O)CCNC(=O)C2CC2C)C1. The fraction of sp³-hybridized carbons (Fsp3) is 0.800. The Bertz CT molecular complexity index is 451. The van der Waals surface area contributed by atoms with E-state index < -0.39 is 11.4 Å². The first-order valence-corrected chi connectivity index (χ1v) is 7.68. The minimum Gasteiger partial charge on any atom is -0.481 e. The molecule has 0 spiro atoms. The first kappa shape index (κ1) is 15.8. The summed E-state index contributed by atoms with van der Waals surface area (Å²) in [5, 5.41) is 12.1. The number of aliphatic carboxylic acids is 1. The molecule has 1 saturated heterocycles. The summed E-state index contributed by atoms with van der Waals surface area (Å²) >= 11 is 0. The molecule has 2 N–H and O–H groups in total. The molecule has 6 nitrogen and oxygen atoms in total. The lowest BCUT2D eigenvalue weighted by atomic mass is 9.84. The van der Waals surface area contributed by atoms with Gasteiger partial charge in [0.1, 0.15) is 0 Å². The number of carboxylic acid groups (broad SMARTS) is 1. The number of carboxylic acids is 1. The van der Waals surface area contributed by atoms with E-state index in [1.807, 2.05) is 13.8 Å². The Labute approximate surface area is 124 Å². The molecule has 6 heteroatoms. The van der Waals surface area contributed by atoms with Crippen molar-refractivity contribution in [2.24, 2.45) is 17.3 Å². The minimum atomic E-state index is -0.823. The zero-order valence-corrected chi connectivity index (χ0v) is 12.7. The monoisotopic (exact) mass is 296 g/mol. The van der Waals surface area contributed by atoms with Gasteiger partial charge in [-0.25, -0.2) is 0 Å². The standard InChI is InChI=1S/C15H24N2O4/c1-3-15(14(20)21)5-7-17(9-15)12(18)4-6-16-13(19)11-8-10(11)2/h10-11H,3-9H2,1-2H3,(H,16,19)(H,20,21). The van der Waals surface area contributed by atoms with Crippen molar-refractivity contribution in [2.75, 3.05) is 19.6 Å². The largest absolute Gasteiger partial charge is 0.481 e. The molecule has 2 amide bonds. The molecule has 2 rings (SSSR count). The minimum absolute atomic E-state index is 0.0326. The van der Waals surface area contributed by atoms with E-state index in [1.54, 1.807) is 4.90 Å². The van der Waals surface area contributed by atoms with E-state index in [4.69, 9.17) is 0 Å². The number of nitrogens with one attached hydrogen (secondary N) is 1. The fourth-order valence-corrected chi connectivity index (χ4v) is 2.97. The Kier molecular flexibility index (Phi) is 4.54. The highest BCUT2D eigenvalue weighted by Gasteiger charge is 2.44. The van der Waals surface area contributed by atoms with Gasteiger partial charge >= 0.3 is 5.97 Å². The summed E-state index contributed by atoms with van der Waals surface area (Å²) in [5.41, 5.74) is -0.789. The predicted octanol–water partition coefficient (Wildman–Crippen LogP) is 0.862.